The molecule has 0 aliphatic rings. The van der Waals surface area contributed by atoms with Gasteiger partial charge in [-0.1, -0.05) is 0 Å². The molecule has 0 unspecified atom stereocenters. The van der Waals surface area contributed by atoms with Crippen molar-refractivity contribution in [3.63, 3.8) is 0 Å². The van der Waals surface area contributed by atoms with Crippen LogP contribution in [0.2, 0.25) is 6.55 Å². The SMILES string of the molecule is CCOCCOCCOCCOCCO[Si]C. The summed E-state index contributed by atoms with van der Waals surface area (Å²) in [6, 6.07) is 0. The lowest BCUT2D eigenvalue weighted by Gasteiger charge is -2.06. The highest BCUT2D eigenvalue weighted by molar-refractivity contribution is 6.24. The van der Waals surface area contributed by atoms with Gasteiger partial charge in [-0.2, -0.15) is 0 Å². The highest BCUT2D eigenvalue weighted by Crippen LogP contribution is 1.83. The summed E-state index contributed by atoms with van der Waals surface area (Å²) in [5.74, 6) is 0. The fourth-order valence-corrected chi connectivity index (χ4v) is 1.29. The largest absolute Gasteiger partial charge is 0.415 e. The molecular formula is C11H24O5Si. The molecule has 0 bridgehead atoms. The predicted octanol–water partition coefficient (Wildman–Crippen LogP) is 0.757. The van der Waals surface area contributed by atoms with Crippen LogP contribution in [0.1, 0.15) is 6.92 Å². The zero-order chi connectivity index (χ0) is 12.6. The van der Waals surface area contributed by atoms with Gasteiger partial charge in [-0.3, -0.25) is 0 Å². The van der Waals surface area contributed by atoms with E-state index in [1.54, 1.807) is 0 Å². The molecule has 102 valence electrons. The molecule has 0 atom stereocenters. The maximum Gasteiger partial charge on any atom is 0.226 e. The second-order valence-electron chi connectivity index (χ2n) is 3.09. The van der Waals surface area contributed by atoms with Crippen molar-refractivity contribution < 1.29 is 23.4 Å². The van der Waals surface area contributed by atoms with Crippen LogP contribution < -0.4 is 0 Å². The smallest absolute Gasteiger partial charge is 0.226 e. The van der Waals surface area contributed by atoms with E-state index in [0.29, 0.717) is 62.6 Å². The van der Waals surface area contributed by atoms with E-state index in [4.69, 9.17) is 23.4 Å². The van der Waals surface area contributed by atoms with Crippen molar-refractivity contribution in [2.75, 3.05) is 59.5 Å². The Morgan fingerprint density at radius 2 is 1.06 bits per heavy atom. The van der Waals surface area contributed by atoms with E-state index in [-0.39, 0.29) is 0 Å². The van der Waals surface area contributed by atoms with Crippen molar-refractivity contribution in [2.45, 2.75) is 13.5 Å². The molecule has 2 radical (unpaired) electrons. The summed E-state index contributed by atoms with van der Waals surface area (Å²) < 4.78 is 26.2. The van der Waals surface area contributed by atoms with Crippen LogP contribution in [0.15, 0.2) is 0 Å². The lowest BCUT2D eigenvalue weighted by molar-refractivity contribution is -0.00331. The first-order chi connectivity index (χ1) is 8.41. The Hall–Kier alpha value is 0.0169. The molecule has 0 aliphatic carbocycles. The zero-order valence-electron chi connectivity index (χ0n) is 10.9. The zero-order valence-corrected chi connectivity index (χ0v) is 11.9. The van der Waals surface area contributed by atoms with Crippen molar-refractivity contribution in [1.29, 1.82) is 0 Å². The van der Waals surface area contributed by atoms with Crippen LogP contribution in [0.4, 0.5) is 0 Å². The Balaban J connectivity index is 2.85. The number of rotatable bonds is 14. The third kappa shape index (κ3) is 16.0. The third-order valence-electron chi connectivity index (χ3n) is 1.79. The Morgan fingerprint density at radius 3 is 1.47 bits per heavy atom. The monoisotopic (exact) mass is 264 g/mol. The summed E-state index contributed by atoms with van der Waals surface area (Å²) in [6.45, 7) is 9.68. The molecule has 0 rings (SSSR count). The van der Waals surface area contributed by atoms with Crippen LogP contribution in [0, 0.1) is 0 Å². The van der Waals surface area contributed by atoms with Gasteiger partial charge in [-0.15, -0.1) is 0 Å². The maximum absolute atomic E-state index is 5.32. The summed E-state index contributed by atoms with van der Waals surface area (Å²) in [5, 5.41) is 0. The van der Waals surface area contributed by atoms with Crippen molar-refractivity contribution in [3.8, 4) is 0 Å². The van der Waals surface area contributed by atoms with Crippen molar-refractivity contribution in [3.05, 3.63) is 0 Å². The van der Waals surface area contributed by atoms with Gasteiger partial charge in [0.25, 0.3) is 0 Å². The molecule has 5 nitrogen and oxygen atoms in total. The van der Waals surface area contributed by atoms with Crippen LogP contribution in [-0.4, -0.2) is 69.2 Å². The molecule has 0 amide bonds. The molecule has 0 heterocycles. The van der Waals surface area contributed by atoms with E-state index in [1.165, 1.54) is 0 Å². The molecule has 0 N–H and O–H groups in total. The summed E-state index contributed by atoms with van der Waals surface area (Å²) in [7, 11) is 0.531. The minimum Gasteiger partial charge on any atom is -0.415 e. The minimum atomic E-state index is 0.531. The molecular weight excluding hydrogens is 240 g/mol. The van der Waals surface area contributed by atoms with E-state index in [0.717, 1.165) is 6.61 Å². The predicted molar refractivity (Wildman–Crippen MR) is 66.5 cm³/mol. The first-order valence-electron chi connectivity index (χ1n) is 6.01. The first kappa shape index (κ1) is 17.0. The van der Waals surface area contributed by atoms with Crippen LogP contribution in [0.3, 0.4) is 0 Å². The number of hydrogen-bond acceptors (Lipinski definition) is 5. The minimum absolute atomic E-state index is 0.531. The Morgan fingerprint density at radius 1 is 0.647 bits per heavy atom. The molecule has 0 saturated heterocycles. The van der Waals surface area contributed by atoms with Gasteiger partial charge in [-0.05, 0) is 13.5 Å². The van der Waals surface area contributed by atoms with E-state index in [1.807, 2.05) is 13.5 Å². The summed E-state index contributed by atoms with van der Waals surface area (Å²) in [6.07, 6.45) is 0. The molecule has 0 aliphatic heterocycles. The van der Waals surface area contributed by atoms with Gasteiger partial charge < -0.3 is 23.4 Å². The second-order valence-corrected chi connectivity index (χ2v) is 3.78. The molecule has 0 aromatic heterocycles. The van der Waals surface area contributed by atoms with Gasteiger partial charge in [0.15, 0.2) is 0 Å². The van der Waals surface area contributed by atoms with Crippen LogP contribution >= 0.6 is 0 Å². The van der Waals surface area contributed by atoms with E-state index in [2.05, 4.69) is 0 Å². The van der Waals surface area contributed by atoms with Crippen LogP contribution in [0.25, 0.3) is 0 Å². The molecule has 0 aromatic carbocycles. The average Bonchev–Trinajstić information content (AvgIpc) is 2.35. The molecule has 0 fully saturated rings. The topological polar surface area (TPSA) is 46.2 Å². The number of ether oxygens (including phenoxy) is 4. The van der Waals surface area contributed by atoms with Crippen molar-refractivity contribution in [1.82, 2.24) is 0 Å². The molecule has 17 heavy (non-hydrogen) atoms. The van der Waals surface area contributed by atoms with E-state index < -0.39 is 0 Å². The van der Waals surface area contributed by atoms with Gasteiger partial charge in [0, 0.05) is 6.61 Å². The fourth-order valence-electron chi connectivity index (χ4n) is 1.01. The molecule has 6 heteroatoms. The Bertz CT molecular complexity index is 123. The van der Waals surface area contributed by atoms with Gasteiger partial charge >= 0.3 is 0 Å². The normalized spacial score (nSPS) is 10.9. The molecule has 0 aromatic rings. The quantitative estimate of drug-likeness (QED) is 0.342. The number of hydrogen-bond donors (Lipinski definition) is 0. The Labute approximate surface area is 107 Å². The second kappa shape index (κ2) is 16.0. The van der Waals surface area contributed by atoms with Crippen LogP contribution in [0.5, 0.6) is 0 Å². The van der Waals surface area contributed by atoms with Gasteiger partial charge in [0.05, 0.1) is 52.9 Å². The lowest BCUT2D eigenvalue weighted by atomic mass is 10.7. The molecule has 0 saturated carbocycles. The summed E-state index contributed by atoms with van der Waals surface area (Å²) in [5.41, 5.74) is 0. The highest BCUT2D eigenvalue weighted by atomic mass is 28.2. The van der Waals surface area contributed by atoms with Crippen molar-refractivity contribution in [2.24, 2.45) is 0 Å². The van der Waals surface area contributed by atoms with Gasteiger partial charge in [0.1, 0.15) is 0 Å². The average molecular weight is 264 g/mol. The maximum atomic E-state index is 5.32. The first-order valence-corrected chi connectivity index (χ1v) is 7.42. The fraction of sp³-hybridized carbons (Fsp3) is 1.00. The van der Waals surface area contributed by atoms with E-state index >= 15 is 0 Å². The van der Waals surface area contributed by atoms with Crippen molar-refractivity contribution >= 4 is 9.76 Å². The van der Waals surface area contributed by atoms with Crippen LogP contribution in [-0.2, 0) is 23.4 Å². The lowest BCUT2D eigenvalue weighted by Crippen LogP contribution is -2.13. The third-order valence-corrected chi connectivity index (χ3v) is 2.29. The highest BCUT2D eigenvalue weighted by Gasteiger charge is 1.92. The van der Waals surface area contributed by atoms with Gasteiger partial charge in [-0.25, -0.2) is 0 Å². The summed E-state index contributed by atoms with van der Waals surface area (Å²) >= 11 is 0. The van der Waals surface area contributed by atoms with E-state index in [9.17, 15) is 0 Å². The molecule has 0 spiro atoms. The standard InChI is InChI=1S/C11H24O5Si/c1-3-12-4-5-13-6-7-14-8-9-15-10-11-16-17-2/h3-11H2,1-2H3. The summed E-state index contributed by atoms with van der Waals surface area (Å²) in [4.78, 5) is 0. The Kier molecular flexibility index (Phi) is 16.0. The van der Waals surface area contributed by atoms with Gasteiger partial charge in [0.2, 0.25) is 9.76 Å².